The third-order valence-corrected chi connectivity index (χ3v) is 9.94. The number of allylic oxidation sites excluding steroid dienone is 2. The van der Waals surface area contributed by atoms with Gasteiger partial charge < -0.3 is 40.8 Å². The van der Waals surface area contributed by atoms with Crippen molar-refractivity contribution in [3.05, 3.63) is 45.6 Å². The first kappa shape index (κ1) is 60.6. The van der Waals surface area contributed by atoms with Crippen LogP contribution in [0, 0.1) is 11.8 Å². The van der Waals surface area contributed by atoms with Gasteiger partial charge in [-0.25, -0.2) is 0 Å². The first-order chi connectivity index (χ1) is 29.5. The van der Waals surface area contributed by atoms with E-state index < -0.39 is 53.3 Å². The molecule has 360 valence electrons. The molecule has 0 bridgehead atoms. The largest absolute Gasteiger partial charge is 0.400 e. The van der Waals surface area contributed by atoms with Gasteiger partial charge in [0.15, 0.2) is 0 Å². The van der Waals surface area contributed by atoms with Gasteiger partial charge in [0.05, 0.1) is 20.3 Å². The second-order valence-corrected chi connectivity index (χ2v) is 16.1. The van der Waals surface area contributed by atoms with Crippen molar-refractivity contribution in [2.24, 2.45) is 11.8 Å². The molecular weight excluding hydrogens is 873 g/mol. The van der Waals surface area contributed by atoms with Gasteiger partial charge in [-0.2, -0.15) is 13.2 Å². The first-order valence-corrected chi connectivity index (χ1v) is 21.6. The van der Waals surface area contributed by atoms with Gasteiger partial charge in [0.25, 0.3) is 0 Å². The Bertz CT molecular complexity index is 1630. The highest BCUT2D eigenvalue weighted by atomic mass is 35.5. The van der Waals surface area contributed by atoms with E-state index in [1.54, 1.807) is 18.2 Å². The number of nitrogens with one attached hydrogen (secondary N) is 4. The van der Waals surface area contributed by atoms with Crippen LogP contribution < -0.4 is 21.3 Å². The number of unbranched alkanes of at least 4 members (excludes halogenated alkanes) is 1. The van der Waals surface area contributed by atoms with Crippen molar-refractivity contribution >= 4 is 65.4 Å². The van der Waals surface area contributed by atoms with E-state index in [-0.39, 0.29) is 32.0 Å². The minimum Gasteiger partial charge on any atom is -0.381 e. The number of aldehydes is 1. The van der Waals surface area contributed by atoms with Crippen molar-refractivity contribution in [3.8, 4) is 0 Å². The summed E-state index contributed by atoms with van der Waals surface area (Å²) in [5.74, 6) is -4.17. The summed E-state index contributed by atoms with van der Waals surface area (Å²) in [6.07, 6.45) is 1.86. The van der Waals surface area contributed by atoms with Crippen LogP contribution in [0.2, 0.25) is 10.0 Å². The highest BCUT2D eigenvalue weighted by Gasteiger charge is 2.52. The maximum Gasteiger partial charge on any atom is 0.400 e. The number of halogens is 6. The molecular formula is C43H69Cl2F4N7O7. The molecule has 1 aliphatic heterocycles. The van der Waals surface area contributed by atoms with Crippen LogP contribution in [0.4, 0.5) is 17.6 Å². The highest BCUT2D eigenvalue weighted by Crippen LogP contribution is 2.36. The average Bonchev–Trinajstić information content (AvgIpc) is 3.85. The number of likely N-dealkylation sites (N-methyl/N-ethyl adjacent to an activating group) is 1. The molecule has 1 aromatic carbocycles. The zero-order valence-corrected chi connectivity index (χ0v) is 40.0. The number of rotatable bonds is 18. The maximum absolute atomic E-state index is 13.4. The molecule has 2 aliphatic rings. The molecule has 3 rings (SSSR count). The van der Waals surface area contributed by atoms with Crippen LogP contribution in [0.5, 0.6) is 0 Å². The quantitative estimate of drug-likeness (QED) is 0.0801. The van der Waals surface area contributed by atoms with Crippen LogP contribution in [0.25, 0.3) is 0 Å². The van der Waals surface area contributed by atoms with Crippen LogP contribution >= 0.6 is 23.2 Å². The number of alkyl halides is 4. The number of carbonyl (C=O) groups excluding carboxylic acids is 7. The van der Waals surface area contributed by atoms with Gasteiger partial charge >= 0.3 is 6.18 Å². The van der Waals surface area contributed by atoms with Gasteiger partial charge in [-0.15, -0.1) is 0 Å². The SMILES string of the molecule is C/C(=C\CCCNC(=O)C1(NC(=O)[C@H](Cc2cc(Cl)ccc2Cl)N(C)C(=O)CNC=O)CC1)N(C)C.CC.CC(C(=O)N1CCCC1C(=O)NCC=O)C(F)(F)F.CC(C)C.CF. The highest BCUT2D eigenvalue weighted by molar-refractivity contribution is 6.33. The summed E-state index contributed by atoms with van der Waals surface area (Å²) in [5.41, 5.74) is 0.746. The molecule has 20 heteroatoms. The topological polar surface area (TPSA) is 177 Å². The average molecular weight is 943 g/mol. The Labute approximate surface area is 380 Å². The predicted octanol–water partition coefficient (Wildman–Crippen LogP) is 5.88. The molecule has 1 aromatic rings. The standard InChI is InChI=1S/C25H35Cl2N5O4.C11H15F3N2O3.C4H10.C2H6.CH3F/c1-17(31(2)3)7-5-6-12-29-24(36)25(10-11-25)30-23(35)21(32(4)22(34)15-28-16-33)14-18-13-19(26)8-9-20(18)27;1-7(11(12,13)14)10(19)16-5-2-3-8(16)9(18)15-4-6-17;1-4(2)3;2*1-2/h7-9,13,16,21H,5-6,10-12,14-15H2,1-4H3,(H,28,33)(H,29,36)(H,30,35);6-8H,2-5H2,1H3,(H,15,18);4H,1-3H3;1-2H3;1H3/b17-7+;;;;/t21-;;;;/m0..../s1. The van der Waals surface area contributed by atoms with E-state index in [1.165, 1.54) is 11.9 Å². The van der Waals surface area contributed by atoms with E-state index in [0.29, 0.717) is 67.7 Å². The van der Waals surface area contributed by atoms with E-state index in [2.05, 4.69) is 48.1 Å². The van der Waals surface area contributed by atoms with Gasteiger partial charge in [-0.1, -0.05) is 63.9 Å². The molecule has 14 nitrogen and oxygen atoms in total. The number of carbonyl (C=O) groups is 7. The molecule has 1 heterocycles. The Balaban J connectivity index is 0. The monoisotopic (exact) mass is 941 g/mol. The number of hydrogen-bond donors (Lipinski definition) is 4. The lowest BCUT2D eigenvalue weighted by molar-refractivity contribution is -0.186. The zero-order chi connectivity index (χ0) is 49.1. The number of amides is 6. The fourth-order valence-electron chi connectivity index (χ4n) is 5.51. The molecule has 1 aliphatic carbocycles. The predicted molar refractivity (Wildman–Crippen MR) is 239 cm³/mol. The van der Waals surface area contributed by atoms with E-state index in [1.807, 2.05) is 39.8 Å². The molecule has 1 saturated carbocycles. The Morgan fingerprint density at radius 1 is 0.984 bits per heavy atom. The minimum atomic E-state index is -4.62. The number of nitrogens with zero attached hydrogens (tertiary/aromatic N) is 3. The summed E-state index contributed by atoms with van der Waals surface area (Å²) < 4.78 is 47.0. The summed E-state index contributed by atoms with van der Waals surface area (Å²) in [4.78, 5) is 87.2. The third-order valence-electron chi connectivity index (χ3n) is 9.34. The Morgan fingerprint density at radius 3 is 2.08 bits per heavy atom. The lowest BCUT2D eigenvalue weighted by atomic mass is 10.0. The van der Waals surface area contributed by atoms with Gasteiger partial charge in [0.1, 0.15) is 29.8 Å². The second-order valence-electron chi connectivity index (χ2n) is 15.3. The van der Waals surface area contributed by atoms with Gasteiger partial charge in [-0.3, -0.25) is 33.2 Å². The summed E-state index contributed by atoms with van der Waals surface area (Å²) in [6, 6.07) is 3.00. The van der Waals surface area contributed by atoms with Crippen molar-refractivity contribution in [2.75, 3.05) is 54.5 Å². The minimum absolute atomic E-state index is 0.0871. The molecule has 3 atom stereocenters. The fourth-order valence-corrected chi connectivity index (χ4v) is 5.90. The maximum atomic E-state index is 13.4. The smallest absolute Gasteiger partial charge is 0.381 e. The summed E-state index contributed by atoms with van der Waals surface area (Å²) in [7, 11) is 5.93. The lowest BCUT2D eigenvalue weighted by Crippen LogP contribution is -2.57. The summed E-state index contributed by atoms with van der Waals surface area (Å²) in [5, 5.41) is 11.2. The van der Waals surface area contributed by atoms with E-state index >= 15 is 0 Å². The molecule has 0 radical (unpaired) electrons. The van der Waals surface area contributed by atoms with E-state index in [4.69, 9.17) is 23.2 Å². The van der Waals surface area contributed by atoms with Crippen LogP contribution in [0.1, 0.15) is 92.6 Å². The normalized spacial score (nSPS) is 15.6. The fraction of sp³-hybridized carbons (Fsp3) is 0.651. The van der Waals surface area contributed by atoms with Crippen LogP contribution in [0.3, 0.4) is 0 Å². The first-order valence-electron chi connectivity index (χ1n) is 20.8. The van der Waals surface area contributed by atoms with E-state index in [9.17, 15) is 51.1 Å². The molecule has 63 heavy (non-hydrogen) atoms. The number of benzene rings is 1. The van der Waals surface area contributed by atoms with Crippen LogP contribution in [-0.2, 0) is 40.0 Å². The zero-order valence-electron chi connectivity index (χ0n) is 38.5. The van der Waals surface area contributed by atoms with E-state index in [0.717, 1.165) is 36.3 Å². The number of hydrogen-bond acceptors (Lipinski definition) is 8. The Hall–Kier alpha value is -4.45. The third kappa shape index (κ3) is 22.6. The lowest BCUT2D eigenvalue weighted by Gasteiger charge is -2.29. The Morgan fingerprint density at radius 2 is 1.57 bits per heavy atom. The van der Waals surface area contributed by atoms with Gasteiger partial charge in [-0.05, 0) is 82.1 Å². The summed E-state index contributed by atoms with van der Waals surface area (Å²) in [6.45, 7) is 13.4. The Kier molecular flexibility index (Phi) is 30.2. The van der Waals surface area contributed by atoms with Crippen molar-refractivity contribution in [1.82, 2.24) is 36.0 Å². The second kappa shape index (κ2) is 31.4. The molecule has 6 amide bonds. The molecule has 0 aromatic heterocycles. The molecule has 2 unspecified atom stereocenters. The van der Waals surface area contributed by atoms with Gasteiger partial charge in [0, 0.05) is 56.4 Å². The van der Waals surface area contributed by atoms with Crippen LogP contribution in [-0.4, -0.2) is 135 Å². The van der Waals surface area contributed by atoms with Gasteiger partial charge in [0.2, 0.25) is 35.9 Å². The molecule has 1 saturated heterocycles. The summed E-state index contributed by atoms with van der Waals surface area (Å²) >= 11 is 12.4. The van der Waals surface area contributed by atoms with Crippen molar-refractivity contribution in [2.45, 2.75) is 117 Å². The molecule has 4 N–H and O–H groups in total. The number of likely N-dealkylation sites (tertiary alicyclic amines) is 1. The molecule has 0 spiro atoms. The van der Waals surface area contributed by atoms with Crippen LogP contribution in [0.15, 0.2) is 30.0 Å². The van der Waals surface area contributed by atoms with Crippen molar-refractivity contribution in [3.63, 3.8) is 0 Å². The molecule has 2 fully saturated rings. The van der Waals surface area contributed by atoms with Crippen molar-refractivity contribution < 1.29 is 51.1 Å². The van der Waals surface area contributed by atoms with Crippen molar-refractivity contribution in [1.29, 1.82) is 0 Å².